The Balaban J connectivity index is 1.61. The average Bonchev–Trinajstić information content (AvgIpc) is 3.38. The zero-order valence-corrected chi connectivity index (χ0v) is 21.4. The third-order valence-corrected chi connectivity index (χ3v) is 7.27. The van der Waals surface area contributed by atoms with Gasteiger partial charge in [-0.2, -0.15) is 10.2 Å². The average molecular weight is 493 g/mol. The predicted octanol–water partition coefficient (Wildman–Crippen LogP) is 4.96. The van der Waals surface area contributed by atoms with Gasteiger partial charge in [-0.1, -0.05) is 25.4 Å². The van der Waals surface area contributed by atoms with Crippen molar-refractivity contribution in [2.24, 2.45) is 14.1 Å². The minimum atomic E-state index is -0.154. The SMILES string of the molecule is CCC1Cc2c(nn(C)c2-c2ccc(OC)c(Cl)c2)C(CC)N1C(=O)c1nn(C)c2ncccc12. The summed E-state index contributed by atoms with van der Waals surface area (Å²) in [6, 6.07) is 9.42. The van der Waals surface area contributed by atoms with Gasteiger partial charge in [0.15, 0.2) is 11.3 Å². The van der Waals surface area contributed by atoms with Crippen LogP contribution in [0.25, 0.3) is 22.3 Å². The van der Waals surface area contributed by atoms with E-state index in [1.165, 1.54) is 5.56 Å². The third kappa shape index (κ3) is 3.67. The molecule has 0 saturated carbocycles. The third-order valence-electron chi connectivity index (χ3n) is 6.98. The molecule has 1 amide bonds. The van der Waals surface area contributed by atoms with Gasteiger partial charge < -0.3 is 9.64 Å². The normalized spacial score (nSPS) is 17.6. The second-order valence-electron chi connectivity index (χ2n) is 8.93. The molecule has 0 N–H and O–H groups in total. The van der Waals surface area contributed by atoms with E-state index in [0.717, 1.165) is 35.2 Å². The lowest BCUT2D eigenvalue weighted by atomic mass is 9.87. The van der Waals surface area contributed by atoms with Crippen LogP contribution in [0, 0.1) is 0 Å². The smallest absolute Gasteiger partial charge is 0.275 e. The van der Waals surface area contributed by atoms with Gasteiger partial charge in [0.2, 0.25) is 0 Å². The fourth-order valence-corrected chi connectivity index (χ4v) is 5.62. The van der Waals surface area contributed by atoms with E-state index in [1.807, 2.05) is 54.0 Å². The van der Waals surface area contributed by atoms with Crippen molar-refractivity contribution in [2.75, 3.05) is 7.11 Å². The number of aromatic nitrogens is 5. The summed E-state index contributed by atoms with van der Waals surface area (Å²) in [7, 11) is 5.38. The first-order valence-electron chi connectivity index (χ1n) is 11.9. The molecule has 0 spiro atoms. The summed E-state index contributed by atoms with van der Waals surface area (Å²) in [6.07, 6.45) is 4.00. The second kappa shape index (κ2) is 9.00. The number of amides is 1. The lowest BCUT2D eigenvalue weighted by Gasteiger charge is -2.41. The van der Waals surface area contributed by atoms with Gasteiger partial charge in [0.05, 0.1) is 34.9 Å². The Morgan fingerprint density at radius 1 is 1.14 bits per heavy atom. The Morgan fingerprint density at radius 2 is 1.94 bits per heavy atom. The lowest BCUT2D eigenvalue weighted by molar-refractivity contribution is 0.0508. The van der Waals surface area contributed by atoms with Crippen LogP contribution in [0.2, 0.25) is 5.02 Å². The van der Waals surface area contributed by atoms with Crippen molar-refractivity contribution in [2.45, 2.75) is 45.2 Å². The molecule has 2 unspecified atom stereocenters. The minimum Gasteiger partial charge on any atom is -0.495 e. The molecular weight excluding hydrogens is 464 g/mol. The summed E-state index contributed by atoms with van der Waals surface area (Å²) < 4.78 is 8.91. The first-order valence-corrected chi connectivity index (χ1v) is 12.3. The fourth-order valence-electron chi connectivity index (χ4n) is 5.36. The van der Waals surface area contributed by atoms with Crippen LogP contribution in [-0.2, 0) is 20.5 Å². The topological polar surface area (TPSA) is 78.1 Å². The number of aryl methyl sites for hydroxylation is 2. The predicted molar refractivity (Wildman–Crippen MR) is 136 cm³/mol. The quantitative estimate of drug-likeness (QED) is 0.393. The summed E-state index contributed by atoms with van der Waals surface area (Å²) >= 11 is 6.45. The molecule has 1 aliphatic rings. The summed E-state index contributed by atoms with van der Waals surface area (Å²) in [5.41, 5.74) is 5.26. The van der Waals surface area contributed by atoms with Crippen LogP contribution in [0.5, 0.6) is 5.75 Å². The number of hydrogen-bond donors (Lipinski definition) is 0. The number of pyridine rings is 1. The molecule has 2 atom stereocenters. The molecule has 8 nitrogen and oxygen atoms in total. The highest BCUT2D eigenvalue weighted by atomic mass is 35.5. The van der Waals surface area contributed by atoms with Crippen molar-refractivity contribution in [3.63, 3.8) is 0 Å². The van der Waals surface area contributed by atoms with E-state index in [0.29, 0.717) is 28.5 Å². The van der Waals surface area contributed by atoms with Gasteiger partial charge in [-0.3, -0.25) is 9.48 Å². The van der Waals surface area contributed by atoms with Crippen molar-refractivity contribution in [1.82, 2.24) is 29.4 Å². The zero-order chi connectivity index (χ0) is 24.9. The van der Waals surface area contributed by atoms with E-state index in [-0.39, 0.29) is 18.0 Å². The van der Waals surface area contributed by atoms with Gasteiger partial charge in [0, 0.05) is 37.5 Å². The van der Waals surface area contributed by atoms with Crippen LogP contribution in [0.3, 0.4) is 0 Å². The molecule has 5 rings (SSSR count). The van der Waals surface area contributed by atoms with Crippen LogP contribution < -0.4 is 4.74 Å². The second-order valence-corrected chi connectivity index (χ2v) is 9.34. The zero-order valence-electron chi connectivity index (χ0n) is 20.6. The maximum atomic E-state index is 14.0. The van der Waals surface area contributed by atoms with Crippen molar-refractivity contribution in [3.05, 3.63) is 58.5 Å². The van der Waals surface area contributed by atoms with Crippen LogP contribution in [0.1, 0.15) is 54.5 Å². The van der Waals surface area contributed by atoms with E-state index in [1.54, 1.807) is 18.0 Å². The van der Waals surface area contributed by atoms with Crippen LogP contribution in [-0.4, -0.2) is 48.5 Å². The van der Waals surface area contributed by atoms with Crippen LogP contribution >= 0.6 is 11.6 Å². The number of hydrogen-bond acceptors (Lipinski definition) is 5. The number of fused-ring (bicyclic) bond motifs is 2. The Morgan fingerprint density at radius 3 is 2.63 bits per heavy atom. The van der Waals surface area contributed by atoms with Gasteiger partial charge in [-0.05, 0) is 49.6 Å². The molecule has 0 saturated heterocycles. The first kappa shape index (κ1) is 23.4. The first-order chi connectivity index (χ1) is 16.9. The number of methoxy groups -OCH3 is 1. The maximum Gasteiger partial charge on any atom is 0.275 e. The summed E-state index contributed by atoms with van der Waals surface area (Å²) in [4.78, 5) is 20.4. The number of ether oxygens (including phenoxy) is 1. The Bertz CT molecular complexity index is 1420. The summed E-state index contributed by atoms with van der Waals surface area (Å²) in [5.74, 6) is 0.561. The van der Waals surface area contributed by atoms with Crippen LogP contribution in [0.4, 0.5) is 0 Å². The molecule has 35 heavy (non-hydrogen) atoms. The molecule has 1 aliphatic heterocycles. The van der Waals surface area contributed by atoms with Crippen molar-refractivity contribution in [3.8, 4) is 17.0 Å². The molecule has 0 bridgehead atoms. The molecule has 182 valence electrons. The highest BCUT2D eigenvalue weighted by Gasteiger charge is 2.41. The number of carbonyl (C=O) groups excluding carboxylic acids is 1. The molecule has 0 aliphatic carbocycles. The lowest BCUT2D eigenvalue weighted by Crippen LogP contribution is -2.47. The van der Waals surface area contributed by atoms with E-state index >= 15 is 0 Å². The minimum absolute atomic E-state index is 0.0188. The highest BCUT2D eigenvalue weighted by molar-refractivity contribution is 6.32. The molecule has 3 aromatic heterocycles. The molecular formula is C26H29ClN6O2. The van der Waals surface area contributed by atoms with Gasteiger partial charge in [-0.25, -0.2) is 9.67 Å². The molecule has 4 heterocycles. The molecule has 0 fully saturated rings. The standard InChI is InChI=1S/C26H29ClN6O2/c1-6-16-14-18-22(29-31(3)24(18)15-10-11-21(35-5)19(27)13-15)20(7-2)33(16)26(34)23-17-9-8-12-28-25(17)32(4)30-23/h8-13,16,20H,6-7,14H2,1-5H3. The van der Waals surface area contributed by atoms with Crippen molar-refractivity contribution >= 4 is 28.5 Å². The fraction of sp³-hybridized carbons (Fsp3) is 0.385. The van der Waals surface area contributed by atoms with Gasteiger partial charge in [0.25, 0.3) is 5.91 Å². The number of halogens is 1. The van der Waals surface area contributed by atoms with Gasteiger partial charge in [-0.15, -0.1) is 0 Å². The van der Waals surface area contributed by atoms with E-state index in [9.17, 15) is 4.79 Å². The Kier molecular flexibility index (Phi) is 6.01. The molecule has 4 aromatic rings. The monoisotopic (exact) mass is 492 g/mol. The van der Waals surface area contributed by atoms with Gasteiger partial charge >= 0.3 is 0 Å². The summed E-state index contributed by atoms with van der Waals surface area (Å²) in [5, 5.41) is 10.8. The Hall–Kier alpha value is -3.39. The number of carbonyl (C=O) groups is 1. The van der Waals surface area contributed by atoms with Crippen molar-refractivity contribution < 1.29 is 9.53 Å². The molecule has 0 radical (unpaired) electrons. The van der Waals surface area contributed by atoms with Crippen LogP contribution in [0.15, 0.2) is 36.5 Å². The number of rotatable bonds is 5. The number of nitrogens with zero attached hydrogens (tertiary/aromatic N) is 6. The largest absolute Gasteiger partial charge is 0.495 e. The maximum absolute atomic E-state index is 14.0. The summed E-state index contributed by atoms with van der Waals surface area (Å²) in [6.45, 7) is 4.23. The molecule has 9 heteroatoms. The van der Waals surface area contributed by atoms with E-state index in [2.05, 4.69) is 23.9 Å². The van der Waals surface area contributed by atoms with Crippen molar-refractivity contribution in [1.29, 1.82) is 0 Å². The van der Waals surface area contributed by atoms with E-state index in [4.69, 9.17) is 21.4 Å². The number of benzene rings is 1. The van der Waals surface area contributed by atoms with E-state index < -0.39 is 0 Å². The Labute approximate surface area is 209 Å². The highest BCUT2D eigenvalue weighted by Crippen LogP contribution is 2.42. The molecule has 1 aromatic carbocycles. The van der Waals surface area contributed by atoms with Gasteiger partial charge in [0.1, 0.15) is 5.75 Å².